The second-order valence-electron chi connectivity index (χ2n) is 2.47. The molecule has 0 aliphatic heterocycles. The molecule has 0 unspecified atom stereocenters. The first-order chi connectivity index (χ1) is 6.20. The van der Waals surface area contributed by atoms with Crippen LogP contribution in [0.4, 0.5) is 8.78 Å². The molecule has 2 N–H and O–H groups in total. The predicted molar refractivity (Wildman–Crippen MR) is 45.4 cm³/mol. The second-order valence-corrected chi connectivity index (χ2v) is 2.47. The summed E-state index contributed by atoms with van der Waals surface area (Å²) in [6.07, 6.45) is 0. The number of hydrogen-bond donors (Lipinski definition) is 1. The van der Waals surface area contributed by atoms with E-state index in [4.69, 9.17) is 10.5 Å². The molecule has 2 nitrogen and oxygen atoms in total. The quantitative estimate of drug-likeness (QED) is 0.783. The lowest BCUT2D eigenvalue weighted by Gasteiger charge is -2.09. The molecule has 0 bridgehead atoms. The normalized spacial score (nSPS) is 10.2. The van der Waals surface area contributed by atoms with Gasteiger partial charge in [-0.25, -0.2) is 8.78 Å². The van der Waals surface area contributed by atoms with Gasteiger partial charge >= 0.3 is 0 Å². The largest absolute Gasteiger partial charge is 0.490 e. The Kier molecular flexibility index (Phi) is 3.19. The highest BCUT2D eigenvalue weighted by atomic mass is 19.1. The van der Waals surface area contributed by atoms with E-state index in [1.54, 1.807) is 6.92 Å². The van der Waals surface area contributed by atoms with Gasteiger partial charge in [-0.3, -0.25) is 0 Å². The highest BCUT2D eigenvalue weighted by molar-refractivity contribution is 5.36. The minimum Gasteiger partial charge on any atom is -0.490 e. The van der Waals surface area contributed by atoms with E-state index in [-0.39, 0.29) is 24.5 Å². The summed E-state index contributed by atoms with van der Waals surface area (Å²) in [6, 6.07) is 2.07. The summed E-state index contributed by atoms with van der Waals surface area (Å²) in [5, 5.41) is 0. The standard InChI is InChI=1S/C9H11F2NO/c1-2-13-9-6(5-12)7(10)3-4-8(9)11/h3-4H,2,5,12H2,1H3. The van der Waals surface area contributed by atoms with Gasteiger partial charge in [0.05, 0.1) is 6.61 Å². The fraction of sp³-hybridized carbons (Fsp3) is 0.333. The van der Waals surface area contributed by atoms with Crippen LogP contribution in [0, 0.1) is 11.6 Å². The van der Waals surface area contributed by atoms with Crippen molar-refractivity contribution in [3.8, 4) is 5.75 Å². The van der Waals surface area contributed by atoms with E-state index in [2.05, 4.69) is 0 Å². The third kappa shape index (κ3) is 1.95. The second kappa shape index (κ2) is 4.18. The highest BCUT2D eigenvalue weighted by Gasteiger charge is 2.12. The third-order valence-electron chi connectivity index (χ3n) is 1.65. The van der Waals surface area contributed by atoms with Gasteiger partial charge in [-0.15, -0.1) is 0 Å². The maximum atomic E-state index is 13.1. The highest BCUT2D eigenvalue weighted by Crippen LogP contribution is 2.24. The molecule has 0 heterocycles. The lowest BCUT2D eigenvalue weighted by atomic mass is 10.2. The van der Waals surface area contributed by atoms with Gasteiger partial charge in [0.2, 0.25) is 0 Å². The Labute approximate surface area is 75.3 Å². The maximum absolute atomic E-state index is 13.1. The minimum atomic E-state index is -0.580. The van der Waals surface area contributed by atoms with Gasteiger partial charge < -0.3 is 10.5 Å². The lowest BCUT2D eigenvalue weighted by Crippen LogP contribution is -2.06. The van der Waals surface area contributed by atoms with Crippen molar-refractivity contribution in [1.29, 1.82) is 0 Å². The average Bonchev–Trinajstić information content (AvgIpc) is 2.12. The molecule has 72 valence electrons. The van der Waals surface area contributed by atoms with E-state index >= 15 is 0 Å². The van der Waals surface area contributed by atoms with Gasteiger partial charge in [0.25, 0.3) is 0 Å². The van der Waals surface area contributed by atoms with E-state index < -0.39 is 11.6 Å². The number of ether oxygens (including phenoxy) is 1. The van der Waals surface area contributed by atoms with Crippen LogP contribution >= 0.6 is 0 Å². The summed E-state index contributed by atoms with van der Waals surface area (Å²) in [5.74, 6) is -1.19. The van der Waals surface area contributed by atoms with Crippen molar-refractivity contribution in [3.05, 3.63) is 29.3 Å². The number of halogens is 2. The van der Waals surface area contributed by atoms with Crippen LogP contribution in [0.3, 0.4) is 0 Å². The monoisotopic (exact) mass is 187 g/mol. The van der Waals surface area contributed by atoms with Crippen molar-refractivity contribution >= 4 is 0 Å². The van der Waals surface area contributed by atoms with Crippen molar-refractivity contribution in [1.82, 2.24) is 0 Å². The molecular formula is C9H11F2NO. The molecule has 1 aromatic rings. The Morgan fingerprint density at radius 3 is 2.46 bits per heavy atom. The van der Waals surface area contributed by atoms with Crippen LogP contribution in [0.5, 0.6) is 5.75 Å². The molecule has 1 aromatic carbocycles. The Hall–Kier alpha value is -1.16. The molecule has 0 saturated heterocycles. The molecule has 0 fully saturated rings. The molecule has 0 saturated carbocycles. The van der Waals surface area contributed by atoms with E-state index in [9.17, 15) is 8.78 Å². The van der Waals surface area contributed by atoms with E-state index in [1.807, 2.05) is 0 Å². The van der Waals surface area contributed by atoms with E-state index in [0.717, 1.165) is 12.1 Å². The molecule has 0 amide bonds. The first-order valence-corrected chi connectivity index (χ1v) is 4.00. The molecule has 4 heteroatoms. The zero-order chi connectivity index (χ0) is 9.84. The van der Waals surface area contributed by atoms with Gasteiger partial charge in [-0.1, -0.05) is 0 Å². The van der Waals surface area contributed by atoms with Crippen LogP contribution in [0.1, 0.15) is 12.5 Å². The number of hydrogen-bond acceptors (Lipinski definition) is 2. The smallest absolute Gasteiger partial charge is 0.165 e. The molecule has 0 aliphatic carbocycles. The van der Waals surface area contributed by atoms with Crippen LogP contribution in [0.25, 0.3) is 0 Å². The van der Waals surface area contributed by atoms with Crippen LogP contribution in [-0.4, -0.2) is 6.61 Å². The van der Waals surface area contributed by atoms with E-state index in [0.29, 0.717) is 0 Å². The summed E-state index contributed by atoms with van der Waals surface area (Å²) < 4.78 is 31.0. The molecular weight excluding hydrogens is 176 g/mol. The molecule has 1 rings (SSSR count). The number of benzene rings is 1. The van der Waals surface area contributed by atoms with Crippen molar-refractivity contribution in [2.24, 2.45) is 5.73 Å². The van der Waals surface area contributed by atoms with Crippen LogP contribution in [0.2, 0.25) is 0 Å². The van der Waals surface area contributed by atoms with Gasteiger partial charge in [-0.05, 0) is 19.1 Å². The predicted octanol–water partition coefficient (Wildman–Crippen LogP) is 1.82. The van der Waals surface area contributed by atoms with Crippen molar-refractivity contribution < 1.29 is 13.5 Å². The van der Waals surface area contributed by atoms with Gasteiger partial charge in [0, 0.05) is 12.1 Å². The Balaban J connectivity index is 3.18. The van der Waals surface area contributed by atoms with Crippen LogP contribution < -0.4 is 10.5 Å². The molecule has 13 heavy (non-hydrogen) atoms. The molecule has 0 radical (unpaired) electrons. The number of rotatable bonds is 3. The fourth-order valence-electron chi connectivity index (χ4n) is 1.07. The number of nitrogens with two attached hydrogens (primary N) is 1. The van der Waals surface area contributed by atoms with Gasteiger partial charge in [0.1, 0.15) is 5.82 Å². The average molecular weight is 187 g/mol. The van der Waals surface area contributed by atoms with E-state index in [1.165, 1.54) is 0 Å². The Morgan fingerprint density at radius 2 is 1.92 bits per heavy atom. The summed E-state index contributed by atoms with van der Waals surface area (Å²) in [4.78, 5) is 0. The van der Waals surface area contributed by atoms with Gasteiger partial charge in [-0.2, -0.15) is 0 Å². The first kappa shape index (κ1) is 9.92. The van der Waals surface area contributed by atoms with Crippen LogP contribution in [-0.2, 0) is 6.54 Å². The molecule has 0 aliphatic rings. The summed E-state index contributed by atoms with van der Waals surface area (Å²) in [5.41, 5.74) is 5.35. The van der Waals surface area contributed by atoms with Crippen molar-refractivity contribution in [2.45, 2.75) is 13.5 Å². The molecule has 0 spiro atoms. The lowest BCUT2D eigenvalue weighted by molar-refractivity contribution is 0.314. The molecule has 0 atom stereocenters. The fourth-order valence-corrected chi connectivity index (χ4v) is 1.07. The zero-order valence-corrected chi connectivity index (χ0v) is 7.31. The topological polar surface area (TPSA) is 35.2 Å². The van der Waals surface area contributed by atoms with Gasteiger partial charge in [0.15, 0.2) is 11.6 Å². The maximum Gasteiger partial charge on any atom is 0.165 e. The summed E-state index contributed by atoms with van der Waals surface area (Å²) in [7, 11) is 0. The Morgan fingerprint density at radius 1 is 1.31 bits per heavy atom. The SMILES string of the molecule is CCOc1c(F)ccc(F)c1CN. The molecule has 0 aromatic heterocycles. The summed E-state index contributed by atoms with van der Waals surface area (Å²) in [6.45, 7) is 1.91. The Bertz CT molecular complexity index is 302. The summed E-state index contributed by atoms with van der Waals surface area (Å²) >= 11 is 0. The van der Waals surface area contributed by atoms with Crippen molar-refractivity contribution in [3.63, 3.8) is 0 Å². The minimum absolute atomic E-state index is 0.0705. The van der Waals surface area contributed by atoms with Crippen LogP contribution in [0.15, 0.2) is 12.1 Å². The third-order valence-corrected chi connectivity index (χ3v) is 1.65. The zero-order valence-electron chi connectivity index (χ0n) is 7.31. The first-order valence-electron chi connectivity index (χ1n) is 4.00. The van der Waals surface area contributed by atoms with Crippen molar-refractivity contribution in [2.75, 3.05) is 6.61 Å².